The van der Waals surface area contributed by atoms with Gasteiger partial charge in [0.15, 0.2) is 0 Å². The molecule has 112 valence electrons. The second kappa shape index (κ2) is 6.83. The number of hydrogen-bond acceptors (Lipinski definition) is 3. The summed E-state index contributed by atoms with van der Waals surface area (Å²) in [6.07, 6.45) is 5.69. The normalized spacial score (nSPS) is 17.2. The maximum Gasteiger partial charge on any atom is 0.123 e. The summed E-state index contributed by atoms with van der Waals surface area (Å²) < 4.78 is 15.0. The fourth-order valence-electron chi connectivity index (χ4n) is 2.69. The Bertz CT molecular complexity index is 530. The van der Waals surface area contributed by atoms with Gasteiger partial charge in [0.2, 0.25) is 0 Å². The van der Waals surface area contributed by atoms with Crippen LogP contribution in [0, 0.1) is 5.82 Å². The van der Waals surface area contributed by atoms with Crippen LogP contribution in [-0.2, 0) is 13.1 Å². The maximum absolute atomic E-state index is 12.9. The number of aromatic nitrogens is 2. The molecule has 0 saturated carbocycles. The molecule has 1 saturated heterocycles. The number of nitrogens with zero attached hydrogens (tertiary/aromatic N) is 4. The lowest BCUT2D eigenvalue weighted by atomic mass is 10.2. The lowest BCUT2D eigenvalue weighted by Gasteiger charge is -2.34. The van der Waals surface area contributed by atoms with E-state index in [-0.39, 0.29) is 5.82 Å². The van der Waals surface area contributed by atoms with Crippen molar-refractivity contribution in [2.24, 2.45) is 0 Å². The van der Waals surface area contributed by atoms with Crippen LogP contribution in [0.25, 0.3) is 0 Å². The minimum atomic E-state index is -0.164. The third kappa shape index (κ3) is 4.12. The smallest absolute Gasteiger partial charge is 0.123 e. The molecule has 21 heavy (non-hydrogen) atoms. The van der Waals surface area contributed by atoms with E-state index in [1.54, 1.807) is 0 Å². The van der Waals surface area contributed by atoms with E-state index in [1.807, 2.05) is 30.9 Å². The van der Waals surface area contributed by atoms with Crippen molar-refractivity contribution < 1.29 is 4.39 Å². The SMILES string of the molecule is Fc1ccc(CN2CCN(CCn3ccnc3)CC2)cc1. The minimum Gasteiger partial charge on any atom is -0.336 e. The highest BCUT2D eigenvalue weighted by Crippen LogP contribution is 2.09. The molecule has 0 radical (unpaired) electrons. The Kier molecular flexibility index (Phi) is 4.62. The third-order valence-corrected chi connectivity index (χ3v) is 4.02. The first-order chi connectivity index (χ1) is 10.3. The quantitative estimate of drug-likeness (QED) is 0.839. The average molecular weight is 288 g/mol. The Labute approximate surface area is 124 Å². The molecule has 1 aromatic heterocycles. The molecule has 0 atom stereocenters. The Balaban J connectivity index is 1.41. The van der Waals surface area contributed by atoms with E-state index in [2.05, 4.69) is 19.4 Å². The molecule has 0 amide bonds. The molecule has 0 bridgehead atoms. The summed E-state index contributed by atoms with van der Waals surface area (Å²) >= 11 is 0. The van der Waals surface area contributed by atoms with Gasteiger partial charge in [0.1, 0.15) is 5.82 Å². The summed E-state index contributed by atoms with van der Waals surface area (Å²) in [4.78, 5) is 8.98. The molecule has 0 spiro atoms. The summed E-state index contributed by atoms with van der Waals surface area (Å²) in [6.45, 7) is 7.31. The van der Waals surface area contributed by atoms with Crippen LogP contribution in [0.2, 0.25) is 0 Å². The number of halogens is 1. The van der Waals surface area contributed by atoms with Gasteiger partial charge in [-0.25, -0.2) is 9.37 Å². The van der Waals surface area contributed by atoms with E-state index in [9.17, 15) is 4.39 Å². The molecule has 0 unspecified atom stereocenters. The van der Waals surface area contributed by atoms with Crippen LogP contribution in [0.15, 0.2) is 43.0 Å². The number of piperazine rings is 1. The van der Waals surface area contributed by atoms with Gasteiger partial charge in [-0.05, 0) is 17.7 Å². The molecule has 3 rings (SSSR count). The number of imidazole rings is 1. The Morgan fingerprint density at radius 3 is 2.33 bits per heavy atom. The van der Waals surface area contributed by atoms with Crippen LogP contribution in [0.5, 0.6) is 0 Å². The number of rotatable bonds is 5. The van der Waals surface area contributed by atoms with Crippen LogP contribution >= 0.6 is 0 Å². The van der Waals surface area contributed by atoms with Crippen LogP contribution in [0.3, 0.4) is 0 Å². The van der Waals surface area contributed by atoms with Gasteiger partial charge in [-0.1, -0.05) is 12.1 Å². The van der Waals surface area contributed by atoms with Crippen molar-refractivity contribution in [2.75, 3.05) is 32.7 Å². The zero-order chi connectivity index (χ0) is 14.5. The lowest BCUT2D eigenvalue weighted by molar-refractivity contribution is 0.124. The van der Waals surface area contributed by atoms with Crippen molar-refractivity contribution in [1.29, 1.82) is 0 Å². The first-order valence-corrected chi connectivity index (χ1v) is 7.44. The van der Waals surface area contributed by atoms with Gasteiger partial charge in [0.25, 0.3) is 0 Å². The lowest BCUT2D eigenvalue weighted by Crippen LogP contribution is -2.46. The minimum absolute atomic E-state index is 0.164. The van der Waals surface area contributed by atoms with Gasteiger partial charge in [-0.15, -0.1) is 0 Å². The maximum atomic E-state index is 12.9. The van der Waals surface area contributed by atoms with Crippen LogP contribution < -0.4 is 0 Å². The zero-order valence-corrected chi connectivity index (χ0v) is 12.2. The average Bonchev–Trinajstić information content (AvgIpc) is 3.02. The van der Waals surface area contributed by atoms with Gasteiger partial charge in [-0.2, -0.15) is 0 Å². The van der Waals surface area contributed by atoms with Crippen molar-refractivity contribution in [3.63, 3.8) is 0 Å². The van der Waals surface area contributed by atoms with Crippen molar-refractivity contribution >= 4 is 0 Å². The molecule has 0 N–H and O–H groups in total. The van der Waals surface area contributed by atoms with Crippen molar-refractivity contribution in [3.05, 3.63) is 54.4 Å². The Morgan fingerprint density at radius 2 is 1.67 bits per heavy atom. The summed E-state index contributed by atoms with van der Waals surface area (Å²) in [6, 6.07) is 6.83. The highest BCUT2D eigenvalue weighted by molar-refractivity contribution is 5.15. The number of hydrogen-bond donors (Lipinski definition) is 0. The van der Waals surface area contributed by atoms with E-state index in [4.69, 9.17) is 0 Å². The molecule has 1 aliphatic heterocycles. The highest BCUT2D eigenvalue weighted by atomic mass is 19.1. The fraction of sp³-hybridized carbons (Fsp3) is 0.438. The predicted molar refractivity (Wildman–Crippen MR) is 80.3 cm³/mol. The van der Waals surface area contributed by atoms with Gasteiger partial charge < -0.3 is 4.57 Å². The molecule has 5 heteroatoms. The second-order valence-electron chi connectivity index (χ2n) is 5.54. The zero-order valence-electron chi connectivity index (χ0n) is 12.2. The standard InChI is InChI=1S/C16H21FN4/c17-16-3-1-15(2-4-16)13-20-10-7-19(8-11-20)9-12-21-6-5-18-14-21/h1-6,14H,7-13H2. The molecule has 4 nitrogen and oxygen atoms in total. The Hall–Kier alpha value is -1.72. The highest BCUT2D eigenvalue weighted by Gasteiger charge is 2.16. The van der Waals surface area contributed by atoms with Crippen LogP contribution in [-0.4, -0.2) is 52.1 Å². The molecular weight excluding hydrogens is 267 g/mol. The van der Waals surface area contributed by atoms with Gasteiger partial charge >= 0.3 is 0 Å². The molecule has 1 fully saturated rings. The van der Waals surface area contributed by atoms with Gasteiger partial charge in [0.05, 0.1) is 6.33 Å². The number of benzene rings is 1. The van der Waals surface area contributed by atoms with Crippen molar-refractivity contribution in [3.8, 4) is 0 Å². The van der Waals surface area contributed by atoms with Crippen molar-refractivity contribution in [1.82, 2.24) is 19.4 Å². The fourth-order valence-corrected chi connectivity index (χ4v) is 2.69. The predicted octanol–water partition coefficient (Wildman–Crippen LogP) is 1.84. The van der Waals surface area contributed by atoms with Crippen LogP contribution in [0.4, 0.5) is 4.39 Å². The third-order valence-electron chi connectivity index (χ3n) is 4.02. The summed E-state index contributed by atoms with van der Waals surface area (Å²) in [5.41, 5.74) is 1.18. The van der Waals surface area contributed by atoms with E-state index >= 15 is 0 Å². The topological polar surface area (TPSA) is 24.3 Å². The Morgan fingerprint density at radius 1 is 0.952 bits per heavy atom. The monoisotopic (exact) mass is 288 g/mol. The summed E-state index contributed by atoms with van der Waals surface area (Å²) in [7, 11) is 0. The molecule has 1 aromatic carbocycles. The van der Waals surface area contributed by atoms with E-state index in [1.165, 1.54) is 17.7 Å². The molecular formula is C16H21FN4. The van der Waals surface area contributed by atoms with E-state index < -0.39 is 0 Å². The van der Waals surface area contributed by atoms with Gasteiger partial charge in [-0.3, -0.25) is 9.80 Å². The van der Waals surface area contributed by atoms with Gasteiger partial charge in [0, 0.05) is 58.2 Å². The van der Waals surface area contributed by atoms with Crippen LogP contribution in [0.1, 0.15) is 5.56 Å². The van der Waals surface area contributed by atoms with E-state index in [0.29, 0.717) is 0 Å². The molecule has 2 aromatic rings. The first kappa shape index (κ1) is 14.2. The molecule has 2 heterocycles. The molecule has 0 aliphatic carbocycles. The van der Waals surface area contributed by atoms with Crippen molar-refractivity contribution in [2.45, 2.75) is 13.1 Å². The summed E-state index contributed by atoms with van der Waals surface area (Å²) in [5, 5.41) is 0. The summed E-state index contributed by atoms with van der Waals surface area (Å²) in [5.74, 6) is -0.164. The van der Waals surface area contributed by atoms with E-state index in [0.717, 1.165) is 45.8 Å². The second-order valence-corrected chi connectivity index (χ2v) is 5.54. The molecule has 1 aliphatic rings. The largest absolute Gasteiger partial charge is 0.336 e. The first-order valence-electron chi connectivity index (χ1n) is 7.44.